The zero-order valence-corrected chi connectivity index (χ0v) is 27.7. The molecule has 0 unspecified atom stereocenters. The Hall–Kier alpha value is -5.85. The first-order chi connectivity index (χ1) is 24.0. The maximum Gasteiger partial charge on any atom is 0.488 e. The van der Waals surface area contributed by atoms with Gasteiger partial charge in [-0.05, 0) is 93.8 Å². The van der Waals surface area contributed by atoms with Crippen LogP contribution in [0.1, 0.15) is 20.7 Å². The molecule has 14 nitrogen and oxygen atoms in total. The van der Waals surface area contributed by atoms with E-state index in [1.165, 1.54) is 0 Å². The Bertz CT molecular complexity index is 2410. The van der Waals surface area contributed by atoms with Crippen LogP contribution in [0.2, 0.25) is 0 Å². The summed E-state index contributed by atoms with van der Waals surface area (Å²) in [7, 11) is -1.46. The summed E-state index contributed by atoms with van der Waals surface area (Å²) in [6.07, 6.45) is 0. The molecule has 16 heteroatoms. The van der Waals surface area contributed by atoms with Gasteiger partial charge in [0, 0.05) is 37.5 Å². The predicted molar refractivity (Wildman–Crippen MR) is 190 cm³/mol. The lowest BCUT2D eigenvalue weighted by Gasteiger charge is -2.07. The molecular formula is C34H24BIN2O12. The highest BCUT2D eigenvalue weighted by Gasteiger charge is 2.18. The van der Waals surface area contributed by atoms with Crippen molar-refractivity contribution in [2.24, 2.45) is 0 Å². The van der Waals surface area contributed by atoms with Crippen molar-refractivity contribution >= 4 is 68.9 Å². The molecule has 252 valence electrons. The molecule has 0 saturated heterocycles. The fourth-order valence-corrected chi connectivity index (χ4v) is 5.65. The molecule has 8 rings (SSSR count). The van der Waals surface area contributed by atoms with Crippen molar-refractivity contribution in [3.05, 3.63) is 120 Å². The summed E-state index contributed by atoms with van der Waals surface area (Å²) in [5.74, 6) is 0.310. The third-order valence-corrected chi connectivity index (χ3v) is 8.18. The van der Waals surface area contributed by atoms with Gasteiger partial charge < -0.3 is 49.2 Å². The van der Waals surface area contributed by atoms with Crippen molar-refractivity contribution in [1.82, 2.24) is 9.97 Å². The van der Waals surface area contributed by atoms with Crippen molar-refractivity contribution in [2.45, 2.75) is 0 Å². The van der Waals surface area contributed by atoms with Crippen LogP contribution in [0.25, 0.3) is 32.9 Å². The van der Waals surface area contributed by atoms with Crippen LogP contribution in [-0.4, -0.2) is 62.9 Å². The number of aromatic carboxylic acids is 2. The molecule has 4 aromatic carbocycles. The van der Waals surface area contributed by atoms with E-state index in [0.29, 0.717) is 50.3 Å². The first-order valence-electron chi connectivity index (χ1n) is 14.6. The van der Waals surface area contributed by atoms with E-state index in [1.54, 1.807) is 42.5 Å². The highest BCUT2D eigenvalue weighted by atomic mass is 127. The van der Waals surface area contributed by atoms with E-state index in [9.17, 15) is 24.3 Å². The maximum atomic E-state index is 11.5. The second kappa shape index (κ2) is 14.3. The Morgan fingerprint density at radius 1 is 0.600 bits per heavy atom. The van der Waals surface area contributed by atoms with Crippen molar-refractivity contribution in [2.75, 3.05) is 13.6 Å². The number of benzene rings is 4. The number of carboxylic acids is 2. The summed E-state index contributed by atoms with van der Waals surface area (Å²) in [5, 5.41) is 36.9. The second-order valence-electron chi connectivity index (χ2n) is 10.7. The van der Waals surface area contributed by atoms with E-state index >= 15 is 0 Å². The van der Waals surface area contributed by atoms with Gasteiger partial charge in [-0.3, -0.25) is 9.59 Å². The average molecular weight is 790 g/mol. The summed E-state index contributed by atoms with van der Waals surface area (Å²) in [4.78, 5) is 50.2. The number of aromatic nitrogens is 2. The normalized spacial score (nSPS) is 12.1. The van der Waals surface area contributed by atoms with Gasteiger partial charge in [0.25, 0.3) is 0 Å². The van der Waals surface area contributed by atoms with Crippen LogP contribution < -0.4 is 35.5 Å². The molecule has 0 spiro atoms. The minimum Gasteiger partial charge on any atom is -0.478 e. The van der Waals surface area contributed by atoms with Crippen molar-refractivity contribution in [3.8, 4) is 34.1 Å². The number of pyridine rings is 2. The Labute approximate surface area is 294 Å². The number of rotatable bonds is 4. The van der Waals surface area contributed by atoms with Crippen LogP contribution in [-0.2, 0) is 0 Å². The maximum absolute atomic E-state index is 11.5. The number of carboxylic acid groups (broad SMARTS) is 2. The largest absolute Gasteiger partial charge is 0.488 e. The van der Waals surface area contributed by atoms with Crippen molar-refractivity contribution in [3.63, 3.8) is 0 Å². The highest BCUT2D eigenvalue weighted by molar-refractivity contribution is 14.1. The van der Waals surface area contributed by atoms with E-state index in [1.807, 2.05) is 30.3 Å². The fourth-order valence-electron chi connectivity index (χ4n) is 5.16. The number of ether oxygens (including phenoxy) is 4. The number of nitrogens with one attached hydrogen (secondary N) is 2. The van der Waals surface area contributed by atoms with Gasteiger partial charge in [-0.2, -0.15) is 0 Å². The molecule has 0 bridgehead atoms. The molecule has 0 amide bonds. The lowest BCUT2D eigenvalue weighted by Crippen LogP contribution is -2.29. The first kappa shape index (κ1) is 34.0. The van der Waals surface area contributed by atoms with Gasteiger partial charge in [-0.1, -0.05) is 18.2 Å². The smallest absolute Gasteiger partial charge is 0.478 e. The van der Waals surface area contributed by atoms with Crippen molar-refractivity contribution in [1.29, 1.82) is 0 Å². The SMILES string of the molecule is O=C(O)c1cc(=O)[nH]c2ccc(-c3ccc4c(c3)OCO4)cc12.O=C(O)c1cc(=O)[nH]c2ccc(I)cc12.OB(O)c1ccc2c(c1)OCO2. The minimum atomic E-state index is -1.46. The molecule has 0 saturated carbocycles. The Morgan fingerprint density at radius 2 is 1.08 bits per heavy atom. The molecule has 2 aromatic heterocycles. The van der Waals surface area contributed by atoms with Crippen LogP contribution in [0, 0.1) is 3.57 Å². The summed E-state index contributed by atoms with van der Waals surface area (Å²) in [6.45, 7) is 0.390. The zero-order valence-electron chi connectivity index (χ0n) is 25.5. The summed E-state index contributed by atoms with van der Waals surface area (Å²) < 4.78 is 21.7. The van der Waals surface area contributed by atoms with Gasteiger partial charge in [0.15, 0.2) is 23.0 Å². The molecule has 2 aliphatic rings. The Balaban J connectivity index is 0.000000138. The molecule has 0 radical (unpaired) electrons. The monoisotopic (exact) mass is 790 g/mol. The van der Waals surface area contributed by atoms with Gasteiger partial charge in [0.1, 0.15) is 0 Å². The lowest BCUT2D eigenvalue weighted by molar-refractivity contribution is 0.0688. The Kier molecular flexibility index (Phi) is 9.75. The number of fused-ring (bicyclic) bond motifs is 4. The van der Waals surface area contributed by atoms with E-state index in [-0.39, 0.29) is 24.7 Å². The van der Waals surface area contributed by atoms with E-state index in [0.717, 1.165) is 26.8 Å². The van der Waals surface area contributed by atoms with Gasteiger partial charge in [-0.15, -0.1) is 0 Å². The predicted octanol–water partition coefficient (Wildman–Crippen LogP) is 3.55. The van der Waals surface area contributed by atoms with E-state index in [4.69, 9.17) is 34.1 Å². The van der Waals surface area contributed by atoms with Crippen LogP contribution in [0.5, 0.6) is 23.0 Å². The van der Waals surface area contributed by atoms with E-state index in [2.05, 4.69) is 32.6 Å². The third kappa shape index (κ3) is 7.41. The van der Waals surface area contributed by atoms with Gasteiger partial charge >= 0.3 is 19.1 Å². The minimum absolute atomic E-state index is 0.0219. The topological polar surface area (TPSA) is 218 Å². The summed E-state index contributed by atoms with van der Waals surface area (Å²) in [5.41, 5.74) is 2.30. The molecule has 0 atom stereocenters. The molecule has 0 fully saturated rings. The second-order valence-corrected chi connectivity index (χ2v) is 12.0. The molecule has 4 heterocycles. The van der Waals surface area contributed by atoms with Crippen LogP contribution in [0.15, 0.2) is 94.5 Å². The van der Waals surface area contributed by atoms with Gasteiger partial charge in [0.05, 0.1) is 11.1 Å². The van der Waals surface area contributed by atoms with Gasteiger partial charge in [0.2, 0.25) is 24.7 Å². The molecule has 0 aliphatic carbocycles. The number of hydrogen-bond donors (Lipinski definition) is 6. The standard InChI is InChI=1S/C17H11NO5.C10H6INO3.C7H7BO4/c19-16-7-12(17(20)21)11-5-9(1-3-13(11)18-16)10-2-4-14-15(6-10)23-8-22-14;11-5-1-2-8-6(3-5)7(10(14)15)4-9(13)12-8;9-8(10)5-1-2-6-7(3-5)12-4-11-6/h1-7H,8H2,(H,18,19)(H,20,21);1-4H,(H,12,13)(H,14,15);1-3,9-10H,4H2. The molecule has 6 N–H and O–H groups in total. The lowest BCUT2D eigenvalue weighted by atomic mass is 9.80. The number of hydrogen-bond acceptors (Lipinski definition) is 10. The van der Waals surface area contributed by atoms with Crippen molar-refractivity contribution < 1.29 is 48.8 Å². The molecule has 6 aromatic rings. The highest BCUT2D eigenvalue weighted by Crippen LogP contribution is 2.36. The number of aromatic amines is 2. The van der Waals surface area contributed by atoms with Crippen LogP contribution in [0.3, 0.4) is 0 Å². The quantitative estimate of drug-likeness (QED) is 0.112. The number of H-pyrrole nitrogens is 2. The Morgan fingerprint density at radius 3 is 1.66 bits per heavy atom. The molecular weight excluding hydrogens is 766 g/mol. The zero-order chi connectivity index (χ0) is 35.5. The van der Waals surface area contributed by atoms with E-state index < -0.39 is 30.2 Å². The van der Waals surface area contributed by atoms with Crippen LogP contribution in [0.4, 0.5) is 0 Å². The molecule has 2 aliphatic heterocycles. The molecule has 50 heavy (non-hydrogen) atoms. The number of carbonyl (C=O) groups is 2. The third-order valence-electron chi connectivity index (χ3n) is 7.51. The number of halogens is 1. The summed E-state index contributed by atoms with van der Waals surface area (Å²) >= 11 is 2.09. The first-order valence-corrected chi connectivity index (χ1v) is 15.7. The average Bonchev–Trinajstić information content (AvgIpc) is 3.77. The summed E-state index contributed by atoms with van der Waals surface area (Å²) in [6, 6.07) is 23.0. The van der Waals surface area contributed by atoms with Crippen LogP contribution >= 0.6 is 22.6 Å². The fraction of sp³-hybridized carbons (Fsp3) is 0.0588. The van der Waals surface area contributed by atoms with Gasteiger partial charge in [-0.25, -0.2) is 9.59 Å².